The first-order chi connectivity index (χ1) is 7.61. The molecule has 2 aromatic rings. The second-order valence-electron chi connectivity index (χ2n) is 4.27. The Morgan fingerprint density at radius 2 is 1.50 bits per heavy atom. The second-order valence-corrected chi connectivity index (χ2v) is 4.27. The van der Waals surface area contributed by atoms with Gasteiger partial charge in [-0.15, -0.1) is 0 Å². The molecule has 0 aliphatic carbocycles. The highest BCUT2D eigenvalue weighted by molar-refractivity contribution is 5.74. The zero-order valence-electron chi connectivity index (χ0n) is 10.0. The summed E-state index contributed by atoms with van der Waals surface area (Å²) in [4.78, 5) is 0. The van der Waals surface area contributed by atoms with Gasteiger partial charge in [-0.1, -0.05) is 30.3 Å². The van der Waals surface area contributed by atoms with Gasteiger partial charge in [0, 0.05) is 5.69 Å². The Morgan fingerprint density at radius 1 is 0.875 bits per heavy atom. The third-order valence-corrected chi connectivity index (χ3v) is 3.24. The van der Waals surface area contributed by atoms with Crippen LogP contribution >= 0.6 is 0 Å². The van der Waals surface area contributed by atoms with Crippen LogP contribution < -0.4 is 5.73 Å². The third kappa shape index (κ3) is 1.69. The van der Waals surface area contributed by atoms with E-state index in [1.54, 1.807) is 0 Å². The molecule has 0 aromatic heterocycles. The van der Waals surface area contributed by atoms with Crippen molar-refractivity contribution in [3.8, 4) is 11.1 Å². The van der Waals surface area contributed by atoms with Gasteiger partial charge in [0.1, 0.15) is 0 Å². The lowest BCUT2D eigenvalue weighted by Gasteiger charge is -2.14. The quantitative estimate of drug-likeness (QED) is 0.712. The van der Waals surface area contributed by atoms with Crippen molar-refractivity contribution in [3.63, 3.8) is 0 Å². The molecule has 0 bridgehead atoms. The van der Waals surface area contributed by atoms with Gasteiger partial charge in [0.05, 0.1) is 0 Å². The summed E-state index contributed by atoms with van der Waals surface area (Å²) >= 11 is 0. The van der Waals surface area contributed by atoms with Crippen LogP contribution in [0.25, 0.3) is 11.1 Å². The molecule has 2 aromatic carbocycles. The Morgan fingerprint density at radius 3 is 2.12 bits per heavy atom. The van der Waals surface area contributed by atoms with Crippen LogP contribution in [-0.2, 0) is 0 Å². The van der Waals surface area contributed by atoms with Gasteiger partial charge in [0.2, 0.25) is 0 Å². The van der Waals surface area contributed by atoms with E-state index in [9.17, 15) is 0 Å². The van der Waals surface area contributed by atoms with Crippen molar-refractivity contribution in [2.24, 2.45) is 0 Å². The van der Waals surface area contributed by atoms with E-state index in [2.05, 4.69) is 51.1 Å². The Hall–Kier alpha value is -1.76. The molecule has 16 heavy (non-hydrogen) atoms. The Kier molecular flexibility index (Phi) is 2.69. The summed E-state index contributed by atoms with van der Waals surface area (Å²) in [5.41, 5.74) is 13.1. The standard InChI is InChI=1S/C15H17N/c1-10-9-14(11(2)12(3)15(10)16)13-7-5-4-6-8-13/h4-9H,16H2,1-3H3. The van der Waals surface area contributed by atoms with Gasteiger partial charge in [0.25, 0.3) is 0 Å². The molecule has 2 N–H and O–H groups in total. The fourth-order valence-corrected chi connectivity index (χ4v) is 2.02. The van der Waals surface area contributed by atoms with Crippen LogP contribution in [0.1, 0.15) is 16.7 Å². The Bertz CT molecular complexity index is 513. The predicted molar refractivity (Wildman–Crippen MR) is 70.5 cm³/mol. The first-order valence-electron chi connectivity index (χ1n) is 5.53. The molecule has 0 saturated carbocycles. The fourth-order valence-electron chi connectivity index (χ4n) is 2.02. The lowest BCUT2D eigenvalue weighted by molar-refractivity contribution is 1.30. The van der Waals surface area contributed by atoms with Crippen molar-refractivity contribution in [2.75, 3.05) is 5.73 Å². The zero-order valence-corrected chi connectivity index (χ0v) is 10.0. The largest absolute Gasteiger partial charge is 0.398 e. The molecule has 0 radical (unpaired) electrons. The van der Waals surface area contributed by atoms with E-state index in [1.807, 2.05) is 6.07 Å². The van der Waals surface area contributed by atoms with E-state index in [0.717, 1.165) is 11.3 Å². The summed E-state index contributed by atoms with van der Waals surface area (Å²) in [7, 11) is 0. The lowest BCUT2D eigenvalue weighted by Crippen LogP contribution is -1.98. The van der Waals surface area contributed by atoms with Gasteiger partial charge in [-0.25, -0.2) is 0 Å². The number of hydrogen-bond acceptors (Lipinski definition) is 1. The van der Waals surface area contributed by atoms with Crippen LogP contribution in [0.5, 0.6) is 0 Å². The molecule has 82 valence electrons. The maximum Gasteiger partial charge on any atom is 0.0376 e. The van der Waals surface area contributed by atoms with E-state index in [0.29, 0.717) is 0 Å². The van der Waals surface area contributed by atoms with E-state index in [1.165, 1.54) is 22.3 Å². The molecule has 1 nitrogen and oxygen atoms in total. The van der Waals surface area contributed by atoms with Gasteiger partial charge in [-0.3, -0.25) is 0 Å². The summed E-state index contributed by atoms with van der Waals surface area (Å²) < 4.78 is 0. The van der Waals surface area contributed by atoms with Crippen molar-refractivity contribution in [1.82, 2.24) is 0 Å². The van der Waals surface area contributed by atoms with Crippen molar-refractivity contribution in [1.29, 1.82) is 0 Å². The number of nitrogens with two attached hydrogens (primary N) is 1. The molecule has 0 fully saturated rings. The molecule has 0 amide bonds. The highest BCUT2D eigenvalue weighted by atomic mass is 14.6. The normalized spacial score (nSPS) is 10.4. The number of nitrogen functional groups attached to an aromatic ring is 1. The van der Waals surface area contributed by atoms with Crippen molar-refractivity contribution < 1.29 is 0 Å². The van der Waals surface area contributed by atoms with Crippen LogP contribution in [0.3, 0.4) is 0 Å². The number of hydrogen-bond donors (Lipinski definition) is 1. The maximum atomic E-state index is 6.03. The molecule has 1 heteroatoms. The maximum absolute atomic E-state index is 6.03. The van der Waals surface area contributed by atoms with E-state index < -0.39 is 0 Å². The smallest absolute Gasteiger partial charge is 0.0376 e. The Balaban J connectivity index is 2.68. The van der Waals surface area contributed by atoms with Gasteiger partial charge < -0.3 is 5.73 Å². The second kappa shape index (κ2) is 4.01. The van der Waals surface area contributed by atoms with Gasteiger partial charge in [-0.05, 0) is 54.7 Å². The van der Waals surface area contributed by atoms with E-state index in [4.69, 9.17) is 5.73 Å². The Labute approximate surface area is 96.9 Å². The molecule has 0 aliphatic heterocycles. The first-order valence-corrected chi connectivity index (χ1v) is 5.53. The summed E-state index contributed by atoms with van der Waals surface area (Å²) in [5, 5.41) is 0. The third-order valence-electron chi connectivity index (χ3n) is 3.24. The SMILES string of the molecule is Cc1cc(-c2ccccc2)c(C)c(C)c1N. The number of benzene rings is 2. The molecule has 0 saturated heterocycles. The molecule has 0 atom stereocenters. The van der Waals surface area contributed by atoms with Gasteiger partial charge in [0.15, 0.2) is 0 Å². The van der Waals surface area contributed by atoms with E-state index >= 15 is 0 Å². The first kappa shape index (κ1) is 10.7. The average Bonchev–Trinajstić information content (AvgIpc) is 2.32. The number of aryl methyl sites for hydroxylation is 1. The molecular weight excluding hydrogens is 194 g/mol. The number of rotatable bonds is 1. The predicted octanol–water partition coefficient (Wildman–Crippen LogP) is 3.86. The molecule has 0 heterocycles. The van der Waals surface area contributed by atoms with Crippen molar-refractivity contribution >= 4 is 5.69 Å². The van der Waals surface area contributed by atoms with Crippen LogP contribution in [0.15, 0.2) is 36.4 Å². The molecule has 0 unspecified atom stereocenters. The highest BCUT2D eigenvalue weighted by Gasteiger charge is 2.08. The molecule has 0 spiro atoms. The number of anilines is 1. The monoisotopic (exact) mass is 211 g/mol. The van der Waals surface area contributed by atoms with Crippen LogP contribution in [0, 0.1) is 20.8 Å². The minimum Gasteiger partial charge on any atom is -0.398 e. The molecular formula is C15H17N. The molecule has 0 aliphatic rings. The molecule has 2 rings (SSSR count). The van der Waals surface area contributed by atoms with Crippen LogP contribution in [0.4, 0.5) is 5.69 Å². The zero-order chi connectivity index (χ0) is 11.7. The lowest BCUT2D eigenvalue weighted by atomic mass is 9.93. The summed E-state index contributed by atoms with van der Waals surface area (Å²) in [6.45, 7) is 6.28. The summed E-state index contributed by atoms with van der Waals surface area (Å²) in [6.07, 6.45) is 0. The summed E-state index contributed by atoms with van der Waals surface area (Å²) in [6, 6.07) is 12.6. The van der Waals surface area contributed by atoms with Crippen LogP contribution in [0.2, 0.25) is 0 Å². The highest BCUT2D eigenvalue weighted by Crippen LogP contribution is 2.30. The fraction of sp³-hybridized carbons (Fsp3) is 0.200. The minimum atomic E-state index is 0.914. The minimum absolute atomic E-state index is 0.914. The topological polar surface area (TPSA) is 26.0 Å². The van der Waals surface area contributed by atoms with Crippen LogP contribution in [-0.4, -0.2) is 0 Å². The van der Waals surface area contributed by atoms with Crippen molar-refractivity contribution in [2.45, 2.75) is 20.8 Å². The van der Waals surface area contributed by atoms with Gasteiger partial charge in [-0.2, -0.15) is 0 Å². The van der Waals surface area contributed by atoms with Crippen molar-refractivity contribution in [3.05, 3.63) is 53.1 Å². The van der Waals surface area contributed by atoms with E-state index in [-0.39, 0.29) is 0 Å². The van der Waals surface area contributed by atoms with Gasteiger partial charge >= 0.3 is 0 Å². The average molecular weight is 211 g/mol. The summed E-state index contributed by atoms with van der Waals surface area (Å²) in [5.74, 6) is 0.